The fraction of sp³-hybridized carbons (Fsp3) is 0.667. The van der Waals surface area contributed by atoms with Crippen LogP contribution in [0.4, 0.5) is 0 Å². The lowest BCUT2D eigenvalue weighted by Crippen LogP contribution is -1.92. The van der Waals surface area contributed by atoms with Crippen LogP contribution in [-0.4, -0.2) is 0 Å². The first-order valence-corrected chi connectivity index (χ1v) is 4.97. The summed E-state index contributed by atoms with van der Waals surface area (Å²) in [5.74, 6) is 0.701. The van der Waals surface area contributed by atoms with E-state index in [0.717, 1.165) is 0 Å². The smallest absolute Gasteiger partial charge is 0.00152 e. The van der Waals surface area contributed by atoms with Crippen molar-refractivity contribution in [3.63, 3.8) is 0 Å². The van der Waals surface area contributed by atoms with Crippen molar-refractivity contribution in [2.45, 2.75) is 47.5 Å². The summed E-state index contributed by atoms with van der Waals surface area (Å²) >= 11 is 0. The molecule has 0 bridgehead atoms. The van der Waals surface area contributed by atoms with Gasteiger partial charge in [0.05, 0.1) is 0 Å². The Hall–Kier alpha value is -0.520. The number of rotatable bonds is 2. The first-order valence-electron chi connectivity index (χ1n) is 4.97. The maximum absolute atomic E-state index is 2.32. The summed E-state index contributed by atoms with van der Waals surface area (Å²) in [6, 6.07) is 0. The van der Waals surface area contributed by atoms with Gasteiger partial charge in [-0.15, -0.1) is 0 Å². The zero-order valence-electron chi connectivity index (χ0n) is 8.99. The van der Waals surface area contributed by atoms with Crippen LogP contribution in [0.3, 0.4) is 0 Å². The van der Waals surface area contributed by atoms with Gasteiger partial charge in [0.25, 0.3) is 0 Å². The van der Waals surface area contributed by atoms with Gasteiger partial charge < -0.3 is 0 Å². The quantitative estimate of drug-likeness (QED) is 0.576. The third-order valence-electron chi connectivity index (χ3n) is 3.32. The van der Waals surface area contributed by atoms with Crippen molar-refractivity contribution >= 4 is 0 Å². The molecule has 0 radical (unpaired) electrons. The van der Waals surface area contributed by atoms with E-state index in [0.29, 0.717) is 5.92 Å². The Morgan fingerprint density at radius 1 is 1.08 bits per heavy atom. The van der Waals surface area contributed by atoms with Crippen LogP contribution in [0.25, 0.3) is 0 Å². The average molecular weight is 164 g/mol. The Morgan fingerprint density at radius 3 is 2.00 bits per heavy atom. The minimum atomic E-state index is 0.701. The highest BCUT2D eigenvalue weighted by Gasteiger charge is 2.21. The largest absolute Gasteiger partial charge is 0.0651 e. The second kappa shape index (κ2) is 3.47. The van der Waals surface area contributed by atoms with Crippen molar-refractivity contribution in [2.75, 3.05) is 0 Å². The van der Waals surface area contributed by atoms with Crippen molar-refractivity contribution in [3.05, 3.63) is 22.3 Å². The van der Waals surface area contributed by atoms with E-state index in [1.165, 1.54) is 12.8 Å². The van der Waals surface area contributed by atoms with Crippen LogP contribution in [0, 0.1) is 5.92 Å². The molecule has 0 amide bonds. The molecule has 0 aromatic carbocycles. The molecule has 0 spiro atoms. The highest BCUT2D eigenvalue weighted by molar-refractivity contribution is 5.46. The van der Waals surface area contributed by atoms with Crippen LogP contribution in [0.15, 0.2) is 22.3 Å². The summed E-state index contributed by atoms with van der Waals surface area (Å²) in [5.41, 5.74) is 6.37. The fourth-order valence-electron chi connectivity index (χ4n) is 2.08. The summed E-state index contributed by atoms with van der Waals surface area (Å²) in [6.07, 6.45) is 2.53. The standard InChI is InChI=1S/C12H20/c1-6-7-12-10(4)8(2)9(3)11(12)5/h8H,6-7H2,1-5H3/t8-/m1/s1. The Kier molecular flexibility index (Phi) is 2.76. The van der Waals surface area contributed by atoms with Crippen molar-refractivity contribution in [1.82, 2.24) is 0 Å². The van der Waals surface area contributed by atoms with Gasteiger partial charge in [0.15, 0.2) is 0 Å². The molecule has 68 valence electrons. The van der Waals surface area contributed by atoms with Gasteiger partial charge in [0.1, 0.15) is 0 Å². The molecule has 1 aliphatic rings. The van der Waals surface area contributed by atoms with Gasteiger partial charge in [-0.3, -0.25) is 0 Å². The van der Waals surface area contributed by atoms with Gasteiger partial charge in [-0.2, -0.15) is 0 Å². The lowest BCUT2D eigenvalue weighted by atomic mass is 9.99. The molecule has 1 aliphatic carbocycles. The van der Waals surface area contributed by atoms with E-state index in [-0.39, 0.29) is 0 Å². The highest BCUT2D eigenvalue weighted by atomic mass is 14.3. The molecule has 0 heteroatoms. The molecule has 0 aromatic rings. The monoisotopic (exact) mass is 164 g/mol. The van der Waals surface area contributed by atoms with Gasteiger partial charge in [-0.05, 0) is 44.3 Å². The van der Waals surface area contributed by atoms with Gasteiger partial charge in [0.2, 0.25) is 0 Å². The maximum Gasteiger partial charge on any atom is -0.00152 e. The molecule has 0 nitrogen and oxygen atoms in total. The lowest BCUT2D eigenvalue weighted by Gasteiger charge is -2.06. The number of hydrogen-bond donors (Lipinski definition) is 0. The van der Waals surface area contributed by atoms with Crippen molar-refractivity contribution in [2.24, 2.45) is 5.92 Å². The Morgan fingerprint density at radius 2 is 1.67 bits per heavy atom. The molecule has 0 N–H and O–H groups in total. The first kappa shape index (κ1) is 9.57. The van der Waals surface area contributed by atoms with E-state index in [1.807, 2.05) is 0 Å². The SMILES string of the molecule is CCCC1=C(C)[C@H](C)C(C)=C1C. The Bertz CT molecular complexity index is 241. The van der Waals surface area contributed by atoms with E-state index < -0.39 is 0 Å². The highest BCUT2D eigenvalue weighted by Crippen LogP contribution is 2.38. The minimum absolute atomic E-state index is 0.701. The second-order valence-corrected chi connectivity index (χ2v) is 3.94. The van der Waals surface area contributed by atoms with Gasteiger partial charge in [-0.25, -0.2) is 0 Å². The van der Waals surface area contributed by atoms with E-state index in [9.17, 15) is 0 Å². The average Bonchev–Trinajstić information content (AvgIpc) is 2.23. The minimum Gasteiger partial charge on any atom is -0.0651 e. The van der Waals surface area contributed by atoms with Crippen LogP contribution >= 0.6 is 0 Å². The van der Waals surface area contributed by atoms with E-state index in [4.69, 9.17) is 0 Å². The lowest BCUT2D eigenvalue weighted by molar-refractivity contribution is 0.806. The fourth-order valence-corrected chi connectivity index (χ4v) is 2.08. The summed E-state index contributed by atoms with van der Waals surface area (Å²) in [6.45, 7) is 11.4. The Labute approximate surface area is 76.4 Å². The van der Waals surface area contributed by atoms with Crippen LogP contribution in [0.5, 0.6) is 0 Å². The molecule has 0 unspecified atom stereocenters. The number of hydrogen-bond acceptors (Lipinski definition) is 0. The molecular weight excluding hydrogens is 144 g/mol. The molecule has 0 saturated carbocycles. The summed E-state index contributed by atoms with van der Waals surface area (Å²) in [7, 11) is 0. The molecule has 0 aromatic heterocycles. The van der Waals surface area contributed by atoms with Crippen LogP contribution in [-0.2, 0) is 0 Å². The van der Waals surface area contributed by atoms with Gasteiger partial charge in [-0.1, -0.05) is 31.4 Å². The molecule has 12 heavy (non-hydrogen) atoms. The zero-order valence-corrected chi connectivity index (χ0v) is 8.99. The third-order valence-corrected chi connectivity index (χ3v) is 3.32. The topological polar surface area (TPSA) is 0 Å². The number of allylic oxidation sites excluding steroid dienone is 4. The molecule has 1 atom stereocenters. The predicted octanol–water partition coefficient (Wildman–Crippen LogP) is 4.09. The van der Waals surface area contributed by atoms with E-state index in [1.54, 1.807) is 22.3 Å². The molecule has 0 aliphatic heterocycles. The Balaban J connectivity index is 2.96. The third kappa shape index (κ3) is 1.35. The molecule has 0 fully saturated rings. The van der Waals surface area contributed by atoms with Crippen molar-refractivity contribution < 1.29 is 0 Å². The molecule has 1 rings (SSSR count). The van der Waals surface area contributed by atoms with Crippen LogP contribution < -0.4 is 0 Å². The van der Waals surface area contributed by atoms with Crippen LogP contribution in [0.2, 0.25) is 0 Å². The molecule has 0 saturated heterocycles. The van der Waals surface area contributed by atoms with E-state index in [2.05, 4.69) is 34.6 Å². The van der Waals surface area contributed by atoms with E-state index >= 15 is 0 Å². The summed E-state index contributed by atoms with van der Waals surface area (Å²) < 4.78 is 0. The summed E-state index contributed by atoms with van der Waals surface area (Å²) in [4.78, 5) is 0. The predicted molar refractivity (Wildman–Crippen MR) is 55.1 cm³/mol. The molecular formula is C12H20. The van der Waals surface area contributed by atoms with Crippen molar-refractivity contribution in [3.8, 4) is 0 Å². The van der Waals surface area contributed by atoms with Crippen LogP contribution in [0.1, 0.15) is 47.5 Å². The second-order valence-electron chi connectivity index (χ2n) is 3.94. The first-order chi connectivity index (χ1) is 5.59. The van der Waals surface area contributed by atoms with Gasteiger partial charge >= 0.3 is 0 Å². The normalized spacial score (nSPS) is 24.2. The zero-order chi connectivity index (χ0) is 9.30. The molecule has 0 heterocycles. The summed E-state index contributed by atoms with van der Waals surface area (Å²) in [5, 5.41) is 0. The van der Waals surface area contributed by atoms with Gasteiger partial charge in [0, 0.05) is 0 Å². The van der Waals surface area contributed by atoms with Crippen molar-refractivity contribution in [1.29, 1.82) is 0 Å². The maximum atomic E-state index is 2.32.